The average Bonchev–Trinajstić information content (AvgIpc) is 2.77. The molecule has 2 nitrogen and oxygen atoms in total. The van der Waals surface area contributed by atoms with Crippen LogP contribution in [0.4, 0.5) is 39.5 Å². The lowest BCUT2D eigenvalue weighted by molar-refractivity contribution is -0.253. The smallest absolute Gasteiger partial charge is 0.428 e. The number of benzene rings is 3. The summed E-state index contributed by atoms with van der Waals surface area (Å²) >= 11 is 0. The number of hydrogen-bond donors (Lipinski definition) is 0. The molecule has 0 fully saturated rings. The summed E-state index contributed by atoms with van der Waals surface area (Å²) in [6.45, 7) is 0. The molecular formula is C26H19F9O2. The van der Waals surface area contributed by atoms with E-state index < -0.39 is 60.1 Å². The van der Waals surface area contributed by atoms with Crippen LogP contribution in [0.25, 0.3) is 0 Å². The molecule has 3 aromatic carbocycles. The van der Waals surface area contributed by atoms with E-state index in [-0.39, 0.29) is 17.5 Å². The molecule has 3 aromatic rings. The molecule has 0 amide bonds. The zero-order valence-corrected chi connectivity index (χ0v) is 18.8. The Morgan fingerprint density at radius 2 is 1.38 bits per heavy atom. The van der Waals surface area contributed by atoms with E-state index in [4.69, 9.17) is 0 Å². The van der Waals surface area contributed by atoms with Gasteiger partial charge in [0, 0.05) is 17.9 Å². The fourth-order valence-electron chi connectivity index (χ4n) is 4.07. The molecule has 0 aliphatic heterocycles. The van der Waals surface area contributed by atoms with Gasteiger partial charge < -0.3 is 4.74 Å². The van der Waals surface area contributed by atoms with Crippen molar-refractivity contribution in [3.05, 3.63) is 101 Å². The van der Waals surface area contributed by atoms with Gasteiger partial charge in [-0.1, -0.05) is 42.5 Å². The summed E-state index contributed by atoms with van der Waals surface area (Å²) in [6.07, 6.45) is -17.1. The Morgan fingerprint density at radius 1 is 0.757 bits per heavy atom. The van der Waals surface area contributed by atoms with Crippen LogP contribution in [0.5, 0.6) is 5.75 Å². The SMILES string of the molecule is O=C(CC(F)(F)F)C[C@](Cc1ccccc1)(c1ccc(F)cc1)c1cc(F)cc(OC(F)(F)C(F)F)c1. The average molecular weight is 534 g/mol. The zero-order chi connectivity index (χ0) is 27.4. The normalized spacial score (nSPS) is 13.9. The molecule has 0 aliphatic rings. The molecule has 3 rings (SSSR count). The highest BCUT2D eigenvalue weighted by Crippen LogP contribution is 2.43. The van der Waals surface area contributed by atoms with E-state index in [1.165, 1.54) is 12.1 Å². The number of carbonyl (C=O) groups is 1. The molecule has 0 unspecified atom stereocenters. The maximum atomic E-state index is 14.6. The van der Waals surface area contributed by atoms with E-state index in [1.807, 2.05) is 0 Å². The number of rotatable bonds is 10. The van der Waals surface area contributed by atoms with Crippen molar-refractivity contribution < 1.29 is 49.0 Å². The van der Waals surface area contributed by atoms with Crippen molar-refractivity contribution in [3.63, 3.8) is 0 Å². The van der Waals surface area contributed by atoms with Gasteiger partial charge in [0.2, 0.25) is 0 Å². The molecule has 37 heavy (non-hydrogen) atoms. The highest BCUT2D eigenvalue weighted by atomic mass is 19.4. The minimum Gasteiger partial charge on any atom is -0.428 e. The molecular weight excluding hydrogens is 515 g/mol. The van der Waals surface area contributed by atoms with Gasteiger partial charge in [0.1, 0.15) is 29.6 Å². The fraction of sp³-hybridized carbons (Fsp3) is 0.269. The summed E-state index contributed by atoms with van der Waals surface area (Å²) in [5, 5.41) is 0. The van der Waals surface area contributed by atoms with Gasteiger partial charge in [-0.15, -0.1) is 0 Å². The third kappa shape index (κ3) is 7.27. The van der Waals surface area contributed by atoms with E-state index in [0.717, 1.165) is 24.3 Å². The Morgan fingerprint density at radius 3 is 1.95 bits per heavy atom. The topological polar surface area (TPSA) is 26.3 Å². The molecule has 1 atom stereocenters. The monoisotopic (exact) mass is 534 g/mol. The number of ketones is 1. The number of ether oxygens (including phenoxy) is 1. The fourth-order valence-corrected chi connectivity index (χ4v) is 4.07. The van der Waals surface area contributed by atoms with Crippen LogP contribution in [0.3, 0.4) is 0 Å². The summed E-state index contributed by atoms with van der Waals surface area (Å²) in [7, 11) is 0. The third-order valence-corrected chi connectivity index (χ3v) is 5.57. The maximum absolute atomic E-state index is 14.6. The Labute approximate surface area is 205 Å². The van der Waals surface area contributed by atoms with Crippen LogP contribution in [-0.2, 0) is 16.6 Å². The van der Waals surface area contributed by atoms with E-state index in [1.54, 1.807) is 30.3 Å². The van der Waals surface area contributed by atoms with Crippen molar-refractivity contribution in [1.82, 2.24) is 0 Å². The highest BCUT2D eigenvalue weighted by Gasteiger charge is 2.45. The zero-order valence-electron chi connectivity index (χ0n) is 18.8. The van der Waals surface area contributed by atoms with Crippen molar-refractivity contribution in [1.29, 1.82) is 0 Å². The summed E-state index contributed by atoms with van der Waals surface area (Å²) in [6, 6.07) is 14.1. The van der Waals surface area contributed by atoms with E-state index in [9.17, 15) is 44.3 Å². The first-order valence-corrected chi connectivity index (χ1v) is 10.7. The van der Waals surface area contributed by atoms with Gasteiger partial charge in [-0.05, 0) is 47.4 Å². The Bertz CT molecular complexity index is 1210. The van der Waals surface area contributed by atoms with Crippen molar-refractivity contribution in [3.8, 4) is 5.75 Å². The molecule has 0 N–H and O–H groups in total. The van der Waals surface area contributed by atoms with Crippen LogP contribution < -0.4 is 4.74 Å². The molecule has 0 spiro atoms. The van der Waals surface area contributed by atoms with Crippen molar-refractivity contribution in [2.24, 2.45) is 0 Å². The largest absolute Gasteiger partial charge is 0.461 e. The lowest BCUT2D eigenvalue weighted by Gasteiger charge is -2.36. The number of carbonyl (C=O) groups excluding carboxylic acids is 1. The number of halogens is 9. The van der Waals surface area contributed by atoms with E-state index in [2.05, 4.69) is 4.74 Å². The lowest BCUT2D eigenvalue weighted by Crippen LogP contribution is -2.36. The molecule has 0 radical (unpaired) electrons. The van der Waals surface area contributed by atoms with Crippen LogP contribution in [-0.4, -0.2) is 24.5 Å². The molecule has 198 valence electrons. The van der Waals surface area contributed by atoms with Gasteiger partial charge in [-0.3, -0.25) is 4.79 Å². The van der Waals surface area contributed by atoms with E-state index >= 15 is 0 Å². The van der Waals surface area contributed by atoms with Crippen molar-refractivity contribution in [2.45, 2.75) is 43.4 Å². The summed E-state index contributed by atoms with van der Waals surface area (Å²) in [5.74, 6) is -4.32. The molecule has 0 saturated carbocycles. The number of Topliss-reactive ketones (excluding diaryl/α,β-unsaturated/α-hetero) is 1. The third-order valence-electron chi connectivity index (χ3n) is 5.57. The number of alkyl halides is 7. The molecule has 0 aliphatic carbocycles. The Hall–Kier alpha value is -3.50. The van der Waals surface area contributed by atoms with Crippen LogP contribution in [0.15, 0.2) is 72.8 Å². The molecule has 11 heteroatoms. The van der Waals surface area contributed by atoms with Gasteiger partial charge in [0.15, 0.2) is 0 Å². The first-order valence-electron chi connectivity index (χ1n) is 10.7. The summed E-state index contributed by atoms with van der Waals surface area (Å²) < 4.78 is 124. The molecule has 0 bridgehead atoms. The van der Waals surface area contributed by atoms with Crippen LogP contribution >= 0.6 is 0 Å². The molecule has 0 heterocycles. The van der Waals surface area contributed by atoms with Crippen LogP contribution in [0.1, 0.15) is 29.5 Å². The highest BCUT2D eigenvalue weighted by molar-refractivity contribution is 5.81. The van der Waals surface area contributed by atoms with Gasteiger partial charge >= 0.3 is 18.7 Å². The van der Waals surface area contributed by atoms with E-state index in [0.29, 0.717) is 11.6 Å². The minimum absolute atomic E-state index is 0.0606. The summed E-state index contributed by atoms with van der Waals surface area (Å²) in [4.78, 5) is 12.6. The van der Waals surface area contributed by atoms with Crippen molar-refractivity contribution >= 4 is 5.78 Å². The van der Waals surface area contributed by atoms with Crippen molar-refractivity contribution in [2.75, 3.05) is 0 Å². The second-order valence-corrected chi connectivity index (χ2v) is 8.40. The maximum Gasteiger partial charge on any atom is 0.461 e. The Kier molecular flexibility index (Phi) is 8.24. The van der Waals surface area contributed by atoms with Gasteiger partial charge in [-0.2, -0.15) is 30.7 Å². The van der Waals surface area contributed by atoms with Gasteiger partial charge in [0.25, 0.3) is 0 Å². The molecule has 0 aromatic heterocycles. The number of hydrogen-bond acceptors (Lipinski definition) is 2. The quantitative estimate of drug-likeness (QED) is 0.250. The minimum atomic E-state index is -5.00. The first kappa shape index (κ1) is 28.1. The van der Waals surface area contributed by atoms with Crippen LogP contribution in [0, 0.1) is 11.6 Å². The predicted molar refractivity (Wildman–Crippen MR) is 116 cm³/mol. The second kappa shape index (κ2) is 10.9. The second-order valence-electron chi connectivity index (χ2n) is 8.40. The van der Waals surface area contributed by atoms with Crippen LogP contribution in [0.2, 0.25) is 0 Å². The standard InChI is InChI=1S/C26H19F9O2/c27-19-8-6-17(7-9-19)24(13-16-4-2-1-3-5-16,14-21(36)15-25(31,32)33)18-10-20(28)12-22(11-18)37-26(34,35)23(29)30/h1-12,23H,13-15H2/t24-/m1/s1. The van der Waals surface area contributed by atoms with Gasteiger partial charge in [0.05, 0.1) is 0 Å². The van der Waals surface area contributed by atoms with Gasteiger partial charge in [-0.25, -0.2) is 8.78 Å². The molecule has 0 saturated heterocycles. The predicted octanol–water partition coefficient (Wildman–Crippen LogP) is 7.64. The Balaban J connectivity index is 2.25. The summed E-state index contributed by atoms with van der Waals surface area (Å²) in [5.41, 5.74) is -1.64. The first-order chi connectivity index (χ1) is 17.2. The lowest BCUT2D eigenvalue weighted by atomic mass is 9.67.